The molecule has 3 aromatic heterocycles. The van der Waals surface area contributed by atoms with Crippen LogP contribution in [0.3, 0.4) is 0 Å². The maximum atomic E-state index is 14.0. The van der Waals surface area contributed by atoms with Crippen molar-refractivity contribution in [3.8, 4) is 34.2 Å². The number of methoxy groups -OCH3 is 1. The lowest BCUT2D eigenvalue weighted by Gasteiger charge is -2.35. The Morgan fingerprint density at radius 3 is 2.38 bits per heavy atom. The first-order valence-corrected chi connectivity index (χ1v) is 25.9. The van der Waals surface area contributed by atoms with E-state index in [9.17, 15) is 52.9 Å². The molecule has 5 amide bonds. The van der Waals surface area contributed by atoms with Gasteiger partial charge in [-0.15, -0.1) is 11.3 Å². The number of hydrogen-bond donors (Lipinski definition) is 6. The molecular weight excluding hydrogens is 1010 g/mol. The molecule has 0 saturated carbocycles. The second kappa shape index (κ2) is 24.5. The summed E-state index contributed by atoms with van der Waals surface area (Å²) in [5.41, 5.74) is 3.72. The van der Waals surface area contributed by atoms with E-state index in [1.54, 1.807) is 43.7 Å². The normalized spacial score (nSPS) is 14.9. The van der Waals surface area contributed by atoms with Crippen LogP contribution in [0.4, 0.5) is 16.5 Å². The van der Waals surface area contributed by atoms with Crippen LogP contribution < -0.4 is 30.7 Å². The summed E-state index contributed by atoms with van der Waals surface area (Å²) in [6, 6.07) is 15.1. The highest BCUT2D eigenvalue weighted by atomic mass is 32.2. The zero-order chi connectivity index (χ0) is 53.7. The van der Waals surface area contributed by atoms with Gasteiger partial charge in [0.25, 0.3) is 21.8 Å². The molecule has 1 fully saturated rings. The van der Waals surface area contributed by atoms with Crippen molar-refractivity contribution in [2.75, 3.05) is 30.2 Å². The van der Waals surface area contributed by atoms with Gasteiger partial charge >= 0.3 is 5.00 Å². The number of nitriles is 1. The van der Waals surface area contributed by atoms with Crippen molar-refractivity contribution < 1.29 is 47.2 Å². The van der Waals surface area contributed by atoms with E-state index in [1.807, 2.05) is 31.2 Å². The number of aliphatic hydroxyl groups excluding tert-OH is 1. The number of ether oxygens (including phenoxy) is 1. The molecule has 74 heavy (non-hydrogen) atoms. The van der Waals surface area contributed by atoms with E-state index >= 15 is 0 Å². The molecule has 6 N–H and O–H groups in total. The van der Waals surface area contributed by atoms with Gasteiger partial charge in [-0.05, 0) is 72.2 Å². The second-order valence-corrected chi connectivity index (χ2v) is 21.3. The van der Waals surface area contributed by atoms with Crippen molar-refractivity contribution in [1.29, 1.82) is 5.26 Å². The Labute approximate surface area is 433 Å². The first-order chi connectivity index (χ1) is 35.1. The topological polar surface area (TPSA) is 318 Å². The molecule has 1 aliphatic rings. The van der Waals surface area contributed by atoms with E-state index in [4.69, 9.17) is 4.74 Å². The van der Waals surface area contributed by atoms with Gasteiger partial charge in [0.05, 0.1) is 51.9 Å². The molecule has 1 aliphatic heterocycles. The number of nitrogens with one attached hydrogen (secondary N) is 5. The van der Waals surface area contributed by atoms with Crippen molar-refractivity contribution in [3.63, 3.8) is 0 Å². The van der Waals surface area contributed by atoms with Crippen LogP contribution in [0.25, 0.3) is 16.5 Å². The average Bonchev–Trinajstić information content (AvgIpc) is 4.13. The Kier molecular flexibility index (Phi) is 18.3. The molecule has 0 aliphatic carbocycles. The van der Waals surface area contributed by atoms with Crippen LogP contribution in [-0.4, -0.2) is 106 Å². The standard InChI is InChI=1S/C49H51N11O11S3/c1-29-42(72-28-54-29)31-13-11-30(12-14-31)25-53-46(65)38-23-35(61)27-59(38)48(66)43(49(2,3)4)57-40(63)10-6-9-39(62)51-21-7-8-34-26-52-44(47(56-34)71-5)58-74(69,70)37-18-15-33(16-19-37)55-45(64)32(24-50)22-36-17-20-41(73-36)60(67)68/h11-20,22,26,28,35,38,43,61H,6,9-10,21,23,25,27H2,1-5H3,(H,51,62)(H,52,58)(H,53,65)(H,55,64)(H,57,63)/b32-22+/t35-,38+,43-/m1/s1. The number of aliphatic hydroxyl groups is 1. The van der Waals surface area contributed by atoms with Crippen molar-refractivity contribution in [2.45, 2.75) is 83.0 Å². The Balaban J connectivity index is 0.943. The monoisotopic (exact) mass is 1070 g/mol. The predicted molar refractivity (Wildman–Crippen MR) is 274 cm³/mol. The Bertz CT molecular complexity index is 3170. The summed E-state index contributed by atoms with van der Waals surface area (Å²) >= 11 is 2.33. The molecule has 2 aromatic carbocycles. The summed E-state index contributed by atoms with van der Waals surface area (Å²) in [5, 5.41) is 41.6. The third kappa shape index (κ3) is 14.8. The molecule has 0 unspecified atom stereocenters. The summed E-state index contributed by atoms with van der Waals surface area (Å²) in [4.78, 5) is 91.3. The molecule has 3 atom stereocenters. The van der Waals surface area contributed by atoms with Crippen molar-refractivity contribution in [1.82, 2.24) is 35.8 Å². The lowest BCUT2D eigenvalue weighted by atomic mass is 9.85. The van der Waals surface area contributed by atoms with Crippen LogP contribution in [0.5, 0.6) is 5.88 Å². The number of thiophene rings is 1. The van der Waals surface area contributed by atoms with Crippen LogP contribution in [0, 0.1) is 45.6 Å². The third-order valence-corrected chi connectivity index (χ3v) is 14.5. The number of nitrogens with zero attached hydrogens (tertiary/aromatic N) is 6. The van der Waals surface area contributed by atoms with Crippen molar-refractivity contribution in [3.05, 3.63) is 110 Å². The molecular formula is C49H51N11O11S3. The number of β-amino-alcohol motifs (C(OH)–C–C–N with tert-alkyl or cyclic N) is 1. The van der Waals surface area contributed by atoms with E-state index in [1.165, 1.54) is 60.7 Å². The summed E-state index contributed by atoms with van der Waals surface area (Å²) in [6.45, 7) is 7.30. The SMILES string of the molecule is COc1nc(C#CCNC(=O)CCCC(=O)N[C@H](C(=O)N2C[C@H](O)C[C@H]2C(=O)NCc2ccc(-c3scnc3C)cc2)C(C)(C)C)cnc1NS(=O)(=O)c1ccc(NC(=O)/C(C#N)=C/c2ccc([N+](=O)[O-])s2)cc1. The van der Waals surface area contributed by atoms with E-state index < -0.39 is 68.1 Å². The van der Waals surface area contributed by atoms with E-state index in [0.717, 1.165) is 33.0 Å². The number of anilines is 2. The Hall–Kier alpha value is -8.10. The van der Waals surface area contributed by atoms with Crippen LogP contribution >= 0.6 is 22.7 Å². The molecule has 25 heteroatoms. The van der Waals surface area contributed by atoms with Gasteiger partial charge in [-0.1, -0.05) is 62.3 Å². The lowest BCUT2D eigenvalue weighted by Crippen LogP contribution is -2.57. The van der Waals surface area contributed by atoms with Crippen LogP contribution in [0.2, 0.25) is 0 Å². The number of sulfonamides is 1. The van der Waals surface area contributed by atoms with Crippen LogP contribution in [0.15, 0.2) is 82.8 Å². The largest absolute Gasteiger partial charge is 0.478 e. The molecule has 0 bridgehead atoms. The fourth-order valence-electron chi connectivity index (χ4n) is 7.34. The van der Waals surface area contributed by atoms with E-state index in [-0.39, 0.29) is 83.9 Å². The van der Waals surface area contributed by atoms with Crippen LogP contribution in [0.1, 0.15) is 68.3 Å². The molecule has 0 spiro atoms. The highest BCUT2D eigenvalue weighted by Crippen LogP contribution is 2.30. The number of carbonyl (C=O) groups is 5. The van der Waals surface area contributed by atoms with Crippen molar-refractivity contribution in [2.24, 2.45) is 5.41 Å². The number of likely N-dealkylation sites (tertiary alicyclic amines) is 1. The van der Waals surface area contributed by atoms with E-state index in [0.29, 0.717) is 4.88 Å². The predicted octanol–water partition coefficient (Wildman–Crippen LogP) is 4.68. The number of carbonyl (C=O) groups excluding carboxylic acids is 5. The number of amides is 5. The zero-order valence-corrected chi connectivity index (χ0v) is 43.1. The van der Waals surface area contributed by atoms with Gasteiger partial charge < -0.3 is 36.0 Å². The van der Waals surface area contributed by atoms with Gasteiger partial charge in [-0.3, -0.25) is 38.8 Å². The minimum Gasteiger partial charge on any atom is -0.478 e. The van der Waals surface area contributed by atoms with Gasteiger partial charge in [0.2, 0.25) is 29.4 Å². The number of aryl methyl sites for hydroxylation is 1. The molecule has 5 aromatic rings. The number of benzene rings is 2. The highest BCUT2D eigenvalue weighted by molar-refractivity contribution is 7.92. The Morgan fingerprint density at radius 2 is 1.74 bits per heavy atom. The fourth-order valence-corrected chi connectivity index (χ4v) is 9.93. The smallest absolute Gasteiger partial charge is 0.324 e. The molecule has 4 heterocycles. The highest BCUT2D eigenvalue weighted by Gasteiger charge is 2.44. The first kappa shape index (κ1) is 55.2. The summed E-state index contributed by atoms with van der Waals surface area (Å²) in [5.74, 6) is 2.32. The van der Waals surface area contributed by atoms with Crippen LogP contribution in [-0.2, 0) is 40.5 Å². The fraction of sp³-hybridized carbons (Fsp3) is 0.327. The summed E-state index contributed by atoms with van der Waals surface area (Å²) < 4.78 is 34.0. The number of hydrogen-bond acceptors (Lipinski definition) is 17. The maximum absolute atomic E-state index is 14.0. The quantitative estimate of drug-likeness (QED) is 0.0215. The summed E-state index contributed by atoms with van der Waals surface area (Å²) in [7, 11) is -3.03. The first-order valence-electron chi connectivity index (χ1n) is 22.7. The minimum absolute atomic E-state index is 0.0390. The second-order valence-electron chi connectivity index (χ2n) is 17.7. The molecule has 22 nitrogen and oxygen atoms in total. The zero-order valence-electron chi connectivity index (χ0n) is 40.6. The molecule has 0 radical (unpaired) electrons. The average molecular weight is 1070 g/mol. The summed E-state index contributed by atoms with van der Waals surface area (Å²) in [6.07, 6.45) is 1.51. The number of thiazole rings is 1. The Morgan fingerprint density at radius 1 is 1.03 bits per heavy atom. The van der Waals surface area contributed by atoms with Gasteiger partial charge in [0.15, 0.2) is 0 Å². The number of rotatable bonds is 19. The third-order valence-electron chi connectivity index (χ3n) is 11.1. The van der Waals surface area contributed by atoms with E-state index in [2.05, 4.69) is 52.8 Å². The van der Waals surface area contributed by atoms with Gasteiger partial charge in [0.1, 0.15) is 29.4 Å². The van der Waals surface area contributed by atoms with Gasteiger partial charge in [-0.25, -0.2) is 18.4 Å². The molecule has 386 valence electrons. The maximum Gasteiger partial charge on any atom is 0.324 e. The molecule has 1 saturated heterocycles. The number of aromatic nitrogens is 3. The lowest BCUT2D eigenvalue weighted by molar-refractivity contribution is -0.380. The number of nitro groups is 1. The molecule has 6 rings (SSSR count). The van der Waals surface area contributed by atoms with Gasteiger partial charge in [-0.2, -0.15) is 10.2 Å². The van der Waals surface area contributed by atoms with Crippen molar-refractivity contribution >= 4 is 84.8 Å². The van der Waals surface area contributed by atoms with Gasteiger partial charge in [0, 0.05) is 49.0 Å². The minimum atomic E-state index is -4.27.